The Balaban J connectivity index is 1.95. The maximum atomic E-state index is 12.1. The molecule has 2 saturated heterocycles. The highest BCUT2D eigenvalue weighted by Crippen LogP contribution is 2.40. The number of ether oxygens (including phenoxy) is 1. The average molecular weight is 240 g/mol. The number of imide groups is 1. The summed E-state index contributed by atoms with van der Waals surface area (Å²) in [5.41, 5.74) is -0.837. The molecule has 0 aromatic rings. The second-order valence-electron chi connectivity index (χ2n) is 5.90. The summed E-state index contributed by atoms with van der Waals surface area (Å²) in [6.45, 7) is 7.63. The van der Waals surface area contributed by atoms with Crippen LogP contribution in [0.3, 0.4) is 0 Å². The molecule has 0 unspecified atom stereocenters. The van der Waals surface area contributed by atoms with Gasteiger partial charge in [-0.3, -0.25) is 4.79 Å². The number of hydrogen-bond donors (Lipinski definition) is 1. The molecular weight excluding hydrogens is 220 g/mol. The van der Waals surface area contributed by atoms with Crippen molar-refractivity contribution >= 4 is 12.0 Å². The van der Waals surface area contributed by atoms with E-state index in [2.05, 4.69) is 5.32 Å². The van der Waals surface area contributed by atoms with E-state index in [4.69, 9.17) is 4.74 Å². The standard InChI is InChI=1S/C12H20N2O3/c1-11(2,3)17-10(16)14-8-12(9(14)15)4-6-13-7-5-12/h13H,4-8H2,1-3H3. The van der Waals surface area contributed by atoms with Gasteiger partial charge in [-0.1, -0.05) is 0 Å². The number of piperidine rings is 1. The lowest BCUT2D eigenvalue weighted by atomic mass is 9.72. The number of nitrogens with zero attached hydrogens (tertiary/aromatic N) is 1. The minimum Gasteiger partial charge on any atom is -0.443 e. The Morgan fingerprint density at radius 1 is 1.35 bits per heavy atom. The number of amides is 2. The van der Waals surface area contributed by atoms with Crippen LogP contribution in [0.1, 0.15) is 33.6 Å². The Hall–Kier alpha value is -1.10. The van der Waals surface area contributed by atoms with Gasteiger partial charge in [0.2, 0.25) is 5.91 Å². The summed E-state index contributed by atoms with van der Waals surface area (Å²) < 4.78 is 5.20. The Morgan fingerprint density at radius 2 is 1.94 bits per heavy atom. The van der Waals surface area contributed by atoms with Crippen LogP contribution in [-0.2, 0) is 9.53 Å². The minimum atomic E-state index is -0.547. The van der Waals surface area contributed by atoms with E-state index in [9.17, 15) is 9.59 Å². The number of likely N-dealkylation sites (tertiary alicyclic amines) is 1. The van der Waals surface area contributed by atoms with Gasteiger partial charge < -0.3 is 10.1 Å². The van der Waals surface area contributed by atoms with E-state index in [-0.39, 0.29) is 11.3 Å². The van der Waals surface area contributed by atoms with Gasteiger partial charge in [0.15, 0.2) is 0 Å². The number of carbonyl (C=O) groups excluding carboxylic acids is 2. The molecule has 0 aliphatic carbocycles. The first-order valence-corrected chi connectivity index (χ1v) is 6.10. The van der Waals surface area contributed by atoms with E-state index in [1.807, 2.05) is 0 Å². The number of hydrogen-bond acceptors (Lipinski definition) is 4. The van der Waals surface area contributed by atoms with Crippen molar-refractivity contribution in [2.45, 2.75) is 39.2 Å². The molecule has 1 spiro atoms. The number of carbonyl (C=O) groups is 2. The third kappa shape index (κ3) is 2.29. The van der Waals surface area contributed by atoms with Gasteiger partial charge in [0.1, 0.15) is 5.60 Å². The smallest absolute Gasteiger partial charge is 0.417 e. The Kier molecular flexibility index (Phi) is 2.89. The van der Waals surface area contributed by atoms with Gasteiger partial charge in [-0.25, -0.2) is 9.69 Å². The first kappa shape index (κ1) is 12.4. The lowest BCUT2D eigenvalue weighted by Crippen LogP contribution is -2.66. The summed E-state index contributed by atoms with van der Waals surface area (Å²) >= 11 is 0. The molecule has 1 N–H and O–H groups in total. The molecule has 0 aromatic heterocycles. The molecular formula is C12H20N2O3. The fourth-order valence-corrected chi connectivity index (χ4v) is 2.38. The van der Waals surface area contributed by atoms with E-state index in [0.29, 0.717) is 6.54 Å². The molecule has 0 bridgehead atoms. The van der Waals surface area contributed by atoms with Crippen molar-refractivity contribution in [3.63, 3.8) is 0 Å². The highest BCUT2D eigenvalue weighted by atomic mass is 16.6. The fraction of sp³-hybridized carbons (Fsp3) is 0.833. The van der Waals surface area contributed by atoms with Crippen LogP contribution in [0.2, 0.25) is 0 Å². The summed E-state index contributed by atoms with van der Waals surface area (Å²) in [4.78, 5) is 25.0. The van der Waals surface area contributed by atoms with Crippen molar-refractivity contribution in [1.82, 2.24) is 10.2 Å². The lowest BCUT2D eigenvalue weighted by molar-refractivity contribution is -0.160. The number of nitrogens with one attached hydrogen (secondary N) is 1. The van der Waals surface area contributed by atoms with Crippen molar-refractivity contribution in [3.8, 4) is 0 Å². The normalized spacial score (nSPS) is 23.5. The SMILES string of the molecule is CC(C)(C)OC(=O)N1CC2(CCNCC2)C1=O. The molecule has 0 atom stereocenters. The lowest BCUT2D eigenvalue weighted by Gasteiger charge is -2.49. The molecule has 2 fully saturated rings. The second-order valence-corrected chi connectivity index (χ2v) is 5.90. The predicted molar refractivity (Wildman–Crippen MR) is 62.5 cm³/mol. The third-order valence-corrected chi connectivity index (χ3v) is 3.33. The topological polar surface area (TPSA) is 58.6 Å². The van der Waals surface area contributed by atoms with Crippen molar-refractivity contribution in [1.29, 1.82) is 0 Å². The predicted octanol–water partition coefficient (Wildman–Crippen LogP) is 1.13. The largest absolute Gasteiger partial charge is 0.443 e. The Bertz CT molecular complexity index is 340. The number of β-lactam (4-membered cyclic amide) rings is 1. The molecule has 0 aromatic carbocycles. The molecule has 5 heteroatoms. The van der Waals surface area contributed by atoms with Crippen LogP contribution in [0.15, 0.2) is 0 Å². The fourth-order valence-electron chi connectivity index (χ4n) is 2.38. The van der Waals surface area contributed by atoms with Crippen molar-refractivity contribution in [3.05, 3.63) is 0 Å². The Labute approximate surface area is 101 Å². The molecule has 5 nitrogen and oxygen atoms in total. The zero-order chi connectivity index (χ0) is 12.7. The van der Waals surface area contributed by atoms with E-state index < -0.39 is 11.7 Å². The zero-order valence-electron chi connectivity index (χ0n) is 10.7. The van der Waals surface area contributed by atoms with E-state index in [1.54, 1.807) is 20.8 Å². The zero-order valence-corrected chi connectivity index (χ0v) is 10.7. The van der Waals surface area contributed by atoms with E-state index in [0.717, 1.165) is 25.9 Å². The van der Waals surface area contributed by atoms with Crippen LogP contribution in [0.5, 0.6) is 0 Å². The molecule has 2 aliphatic heterocycles. The monoisotopic (exact) mass is 240 g/mol. The molecule has 96 valence electrons. The maximum absolute atomic E-state index is 12.1. The highest BCUT2D eigenvalue weighted by molar-refractivity contribution is 6.01. The molecule has 17 heavy (non-hydrogen) atoms. The van der Waals surface area contributed by atoms with Crippen molar-refractivity contribution in [2.24, 2.45) is 5.41 Å². The van der Waals surface area contributed by atoms with Crippen molar-refractivity contribution in [2.75, 3.05) is 19.6 Å². The van der Waals surface area contributed by atoms with Gasteiger partial charge >= 0.3 is 6.09 Å². The van der Waals surface area contributed by atoms with Gasteiger partial charge in [0, 0.05) is 6.54 Å². The summed E-state index contributed by atoms with van der Waals surface area (Å²) in [5.74, 6) is -0.0618. The number of rotatable bonds is 0. The maximum Gasteiger partial charge on any atom is 0.417 e. The molecule has 0 saturated carbocycles. The first-order valence-electron chi connectivity index (χ1n) is 6.10. The van der Waals surface area contributed by atoms with Crippen LogP contribution < -0.4 is 5.32 Å². The summed E-state index contributed by atoms with van der Waals surface area (Å²) in [6.07, 6.45) is 1.14. The second kappa shape index (κ2) is 3.98. The molecule has 2 rings (SSSR count). The van der Waals surface area contributed by atoms with E-state index >= 15 is 0 Å². The van der Waals surface area contributed by atoms with Gasteiger partial charge in [-0.05, 0) is 46.7 Å². The molecule has 2 amide bonds. The van der Waals surface area contributed by atoms with Crippen molar-refractivity contribution < 1.29 is 14.3 Å². The summed E-state index contributed by atoms with van der Waals surface area (Å²) in [6, 6.07) is 0. The Morgan fingerprint density at radius 3 is 2.41 bits per heavy atom. The average Bonchev–Trinajstić information content (AvgIpc) is 2.24. The van der Waals surface area contributed by atoms with Gasteiger partial charge in [0.25, 0.3) is 0 Å². The minimum absolute atomic E-state index is 0.0618. The molecule has 2 heterocycles. The summed E-state index contributed by atoms with van der Waals surface area (Å²) in [5, 5.41) is 3.22. The van der Waals surface area contributed by atoms with Crippen LogP contribution in [0, 0.1) is 5.41 Å². The van der Waals surface area contributed by atoms with Gasteiger partial charge in [-0.2, -0.15) is 0 Å². The quantitative estimate of drug-likeness (QED) is 0.645. The molecule has 0 radical (unpaired) electrons. The van der Waals surface area contributed by atoms with Gasteiger partial charge in [-0.15, -0.1) is 0 Å². The van der Waals surface area contributed by atoms with E-state index in [1.165, 1.54) is 4.90 Å². The first-order chi connectivity index (χ1) is 7.84. The van der Waals surface area contributed by atoms with Crippen LogP contribution in [0.4, 0.5) is 4.79 Å². The highest BCUT2D eigenvalue weighted by Gasteiger charge is 2.55. The van der Waals surface area contributed by atoms with Crippen LogP contribution >= 0.6 is 0 Å². The molecule has 2 aliphatic rings. The van der Waals surface area contributed by atoms with Crippen LogP contribution in [-0.4, -0.2) is 42.1 Å². The summed E-state index contributed by atoms with van der Waals surface area (Å²) in [7, 11) is 0. The van der Waals surface area contributed by atoms with Gasteiger partial charge in [0.05, 0.1) is 5.41 Å². The third-order valence-electron chi connectivity index (χ3n) is 3.33. The van der Waals surface area contributed by atoms with Crippen LogP contribution in [0.25, 0.3) is 0 Å².